The highest BCUT2D eigenvalue weighted by atomic mass is 32.1. The Hall–Kier alpha value is -3.44. The first-order chi connectivity index (χ1) is 20.8. The molecule has 232 valence electrons. The van der Waals surface area contributed by atoms with Gasteiger partial charge in [0.2, 0.25) is 0 Å². The molecule has 10 heteroatoms. The van der Waals surface area contributed by atoms with E-state index in [0.717, 1.165) is 70.0 Å². The van der Waals surface area contributed by atoms with Crippen LogP contribution in [0.25, 0.3) is 0 Å². The zero-order valence-electron chi connectivity index (χ0n) is 26.0. The fourth-order valence-electron chi connectivity index (χ4n) is 4.79. The Morgan fingerprint density at radius 1 is 0.860 bits per heavy atom. The molecular formula is C33H45FN6O2S. The van der Waals surface area contributed by atoms with Crippen LogP contribution >= 0.6 is 11.3 Å². The van der Waals surface area contributed by atoms with Gasteiger partial charge in [0, 0.05) is 38.3 Å². The van der Waals surface area contributed by atoms with Crippen molar-refractivity contribution in [3.05, 3.63) is 87.5 Å². The zero-order valence-corrected chi connectivity index (χ0v) is 26.8. The summed E-state index contributed by atoms with van der Waals surface area (Å²) in [5.74, 6) is -1.11. The van der Waals surface area contributed by atoms with Crippen LogP contribution in [0.1, 0.15) is 65.1 Å². The van der Waals surface area contributed by atoms with Crippen molar-refractivity contribution in [2.45, 2.75) is 41.2 Å². The predicted octanol–water partition coefficient (Wildman–Crippen LogP) is 5.70. The summed E-state index contributed by atoms with van der Waals surface area (Å²) >= 11 is 1.29. The van der Waals surface area contributed by atoms with Gasteiger partial charge in [0.25, 0.3) is 11.8 Å². The fraction of sp³-hybridized carbons (Fsp3) is 0.424. The summed E-state index contributed by atoms with van der Waals surface area (Å²) in [6, 6.07) is 13.6. The summed E-state index contributed by atoms with van der Waals surface area (Å²) in [4.78, 5) is 33.6. The maximum Gasteiger partial charge on any atom is 0.274 e. The monoisotopic (exact) mass is 608 g/mol. The standard InChI is InChI=1S/C33H45FN6O2S/c1-6-38(7-2)16-18-40(19-17-39(8-3)9-4)23-27-13-10-14-28(20-27)31(41)36-33-30(25(5)24-43-33)32(42)37-35-22-26-12-11-15-29(34)21-26/h10-15,20-22,24H,6-9,16-19,23H2,1-5H3,(H,36,41)(H,37,42)/b35-22+. The first kappa shape index (κ1) is 34.1. The van der Waals surface area contributed by atoms with Gasteiger partial charge in [-0.2, -0.15) is 5.10 Å². The van der Waals surface area contributed by atoms with E-state index in [2.05, 4.69) is 64.3 Å². The van der Waals surface area contributed by atoms with Crippen LogP contribution in [0.15, 0.2) is 59.0 Å². The number of benzene rings is 2. The summed E-state index contributed by atoms with van der Waals surface area (Å²) in [5, 5.41) is 9.16. The number of nitrogens with one attached hydrogen (secondary N) is 2. The Morgan fingerprint density at radius 3 is 2.12 bits per heavy atom. The highest BCUT2D eigenvalue weighted by molar-refractivity contribution is 7.15. The quantitative estimate of drug-likeness (QED) is 0.152. The van der Waals surface area contributed by atoms with Crippen LogP contribution in [0.2, 0.25) is 0 Å². The summed E-state index contributed by atoms with van der Waals surface area (Å²) in [7, 11) is 0. The summed E-state index contributed by atoms with van der Waals surface area (Å²) in [5.41, 5.74) is 5.69. The summed E-state index contributed by atoms with van der Waals surface area (Å²) in [6.45, 7) is 19.3. The van der Waals surface area contributed by atoms with E-state index in [-0.39, 0.29) is 11.7 Å². The van der Waals surface area contributed by atoms with Gasteiger partial charge in [-0.3, -0.25) is 14.5 Å². The number of carbonyl (C=O) groups is 2. The number of hydrogen-bond acceptors (Lipinski definition) is 7. The average molecular weight is 609 g/mol. The minimum Gasteiger partial charge on any atom is -0.313 e. The molecule has 0 aliphatic carbocycles. The molecule has 1 aromatic heterocycles. The van der Waals surface area contributed by atoms with E-state index in [1.807, 2.05) is 24.4 Å². The highest BCUT2D eigenvalue weighted by Crippen LogP contribution is 2.28. The topological polar surface area (TPSA) is 80.3 Å². The van der Waals surface area contributed by atoms with E-state index in [4.69, 9.17) is 0 Å². The normalized spacial score (nSPS) is 11.7. The Balaban J connectivity index is 1.69. The molecule has 2 aromatic carbocycles. The zero-order chi connectivity index (χ0) is 31.2. The van der Waals surface area contributed by atoms with Crippen LogP contribution in [-0.4, -0.2) is 85.1 Å². The third-order valence-corrected chi connectivity index (χ3v) is 8.52. The largest absolute Gasteiger partial charge is 0.313 e. The van der Waals surface area contributed by atoms with Gasteiger partial charge in [-0.1, -0.05) is 52.0 Å². The lowest BCUT2D eigenvalue weighted by Crippen LogP contribution is -2.39. The number of carbonyl (C=O) groups excluding carboxylic acids is 2. The molecule has 0 unspecified atom stereocenters. The first-order valence-corrected chi connectivity index (χ1v) is 15.9. The molecule has 3 rings (SSSR count). The van der Waals surface area contributed by atoms with Crippen LogP contribution in [0.4, 0.5) is 9.39 Å². The van der Waals surface area contributed by atoms with Gasteiger partial charge in [0.05, 0.1) is 11.8 Å². The van der Waals surface area contributed by atoms with Crippen LogP contribution in [0.3, 0.4) is 0 Å². The van der Waals surface area contributed by atoms with Gasteiger partial charge < -0.3 is 15.1 Å². The minimum absolute atomic E-state index is 0.279. The molecule has 1 heterocycles. The van der Waals surface area contributed by atoms with Crippen molar-refractivity contribution < 1.29 is 14.0 Å². The number of amides is 2. The second kappa shape index (κ2) is 17.6. The maximum atomic E-state index is 13.4. The second-order valence-electron chi connectivity index (χ2n) is 10.4. The predicted molar refractivity (Wildman–Crippen MR) is 176 cm³/mol. The van der Waals surface area contributed by atoms with E-state index >= 15 is 0 Å². The van der Waals surface area contributed by atoms with Gasteiger partial charge in [0.15, 0.2) is 0 Å². The lowest BCUT2D eigenvalue weighted by molar-refractivity contribution is 0.0956. The molecule has 0 radical (unpaired) electrons. The molecule has 0 saturated carbocycles. The average Bonchev–Trinajstić information content (AvgIpc) is 3.37. The molecule has 0 fully saturated rings. The molecule has 2 amide bonds. The fourth-order valence-corrected chi connectivity index (χ4v) is 5.72. The molecule has 43 heavy (non-hydrogen) atoms. The van der Waals surface area contributed by atoms with E-state index in [1.165, 1.54) is 29.7 Å². The lowest BCUT2D eigenvalue weighted by Gasteiger charge is -2.29. The number of nitrogens with zero attached hydrogens (tertiary/aromatic N) is 4. The van der Waals surface area contributed by atoms with E-state index < -0.39 is 5.91 Å². The third kappa shape index (κ3) is 10.7. The molecule has 3 aromatic rings. The number of likely N-dealkylation sites (N-methyl/N-ethyl adjacent to an activating group) is 2. The highest BCUT2D eigenvalue weighted by Gasteiger charge is 2.19. The number of anilines is 1. The smallest absolute Gasteiger partial charge is 0.274 e. The number of hydrogen-bond donors (Lipinski definition) is 2. The number of halogens is 1. The third-order valence-electron chi connectivity index (χ3n) is 7.51. The molecule has 0 spiro atoms. The van der Waals surface area contributed by atoms with Gasteiger partial charge >= 0.3 is 0 Å². The Morgan fingerprint density at radius 2 is 1.49 bits per heavy atom. The van der Waals surface area contributed by atoms with Gasteiger partial charge in [-0.05, 0) is 79.4 Å². The summed E-state index contributed by atoms with van der Waals surface area (Å²) in [6.07, 6.45) is 1.37. The van der Waals surface area contributed by atoms with Crippen molar-refractivity contribution in [3.63, 3.8) is 0 Å². The van der Waals surface area contributed by atoms with E-state index in [0.29, 0.717) is 21.7 Å². The lowest BCUT2D eigenvalue weighted by atomic mass is 10.1. The number of aryl methyl sites for hydroxylation is 1. The molecule has 8 nitrogen and oxygen atoms in total. The van der Waals surface area contributed by atoms with Gasteiger partial charge in [-0.25, -0.2) is 9.82 Å². The molecular weight excluding hydrogens is 563 g/mol. The number of thiophene rings is 1. The Kier molecular flexibility index (Phi) is 14.0. The maximum absolute atomic E-state index is 13.4. The molecule has 0 aliphatic heterocycles. The van der Waals surface area contributed by atoms with Gasteiger partial charge in [-0.15, -0.1) is 11.3 Å². The van der Waals surface area contributed by atoms with E-state index in [9.17, 15) is 14.0 Å². The first-order valence-electron chi connectivity index (χ1n) is 15.0. The Labute approximate surface area is 259 Å². The molecule has 0 atom stereocenters. The van der Waals surface area contributed by atoms with Crippen molar-refractivity contribution >= 4 is 34.4 Å². The van der Waals surface area contributed by atoms with E-state index in [1.54, 1.807) is 18.2 Å². The van der Waals surface area contributed by atoms with Crippen LogP contribution in [0.5, 0.6) is 0 Å². The second-order valence-corrected chi connectivity index (χ2v) is 11.2. The minimum atomic E-state index is -0.451. The molecule has 0 saturated heterocycles. The SMILES string of the molecule is CCN(CC)CCN(CCN(CC)CC)Cc1cccc(C(=O)Nc2scc(C)c2C(=O)N/N=C/c2cccc(F)c2)c1. The van der Waals surface area contributed by atoms with Crippen molar-refractivity contribution in [2.75, 3.05) is 57.7 Å². The van der Waals surface area contributed by atoms with Crippen molar-refractivity contribution in [3.8, 4) is 0 Å². The summed E-state index contributed by atoms with van der Waals surface area (Å²) < 4.78 is 13.4. The Bertz CT molecular complexity index is 1340. The molecule has 0 aliphatic rings. The van der Waals surface area contributed by atoms with Gasteiger partial charge in [0.1, 0.15) is 10.8 Å². The van der Waals surface area contributed by atoms with Crippen molar-refractivity contribution in [1.29, 1.82) is 0 Å². The molecule has 0 bridgehead atoms. The van der Waals surface area contributed by atoms with Crippen LogP contribution in [-0.2, 0) is 6.54 Å². The number of hydrazone groups is 1. The van der Waals surface area contributed by atoms with Crippen molar-refractivity contribution in [1.82, 2.24) is 20.1 Å². The van der Waals surface area contributed by atoms with Crippen LogP contribution < -0.4 is 10.7 Å². The van der Waals surface area contributed by atoms with Crippen LogP contribution in [0, 0.1) is 12.7 Å². The van der Waals surface area contributed by atoms with Crippen molar-refractivity contribution in [2.24, 2.45) is 5.10 Å². The number of rotatable bonds is 17. The molecule has 2 N–H and O–H groups in total.